The summed E-state index contributed by atoms with van der Waals surface area (Å²) in [5.41, 5.74) is 0. The van der Waals surface area contributed by atoms with Gasteiger partial charge >= 0.3 is 0 Å². The van der Waals surface area contributed by atoms with Gasteiger partial charge in [-0.25, -0.2) is 0 Å². The Morgan fingerprint density at radius 3 is 2.27 bits per heavy atom. The number of ether oxygens (including phenoxy) is 3. The molecule has 26 heavy (non-hydrogen) atoms. The summed E-state index contributed by atoms with van der Waals surface area (Å²) in [7, 11) is 10.1. The summed E-state index contributed by atoms with van der Waals surface area (Å²) in [5.74, 6) is 2.44. The van der Waals surface area contributed by atoms with E-state index >= 15 is 0 Å². The van der Waals surface area contributed by atoms with E-state index in [2.05, 4.69) is 19.4 Å². The average Bonchev–Trinajstić information content (AvgIpc) is 2.68. The smallest absolute Gasteiger partial charge is 0.0907 e. The van der Waals surface area contributed by atoms with Gasteiger partial charge in [0, 0.05) is 39.7 Å². The monoisotopic (exact) mass is 369 g/mol. The first kappa shape index (κ1) is 20.5. The molecule has 3 rings (SSSR count). The lowest BCUT2D eigenvalue weighted by molar-refractivity contribution is -0.919. The summed E-state index contributed by atoms with van der Waals surface area (Å²) in [4.78, 5) is 1.74. The second-order valence-corrected chi connectivity index (χ2v) is 9.02. The zero-order chi connectivity index (χ0) is 18.7. The van der Waals surface area contributed by atoms with Gasteiger partial charge in [0.2, 0.25) is 0 Å². The minimum absolute atomic E-state index is 0.269. The first-order valence-electron chi connectivity index (χ1n) is 10.7. The Hall–Kier alpha value is -0.200. The van der Waals surface area contributed by atoms with Crippen LogP contribution in [0.15, 0.2) is 0 Å². The fourth-order valence-electron chi connectivity index (χ4n) is 6.28. The van der Waals surface area contributed by atoms with Gasteiger partial charge in [0.1, 0.15) is 0 Å². The minimum Gasteiger partial charge on any atom is -0.380 e. The quantitative estimate of drug-likeness (QED) is 0.737. The number of hydrogen-bond donors (Lipinski definition) is 2. The van der Waals surface area contributed by atoms with Gasteiger partial charge in [-0.1, -0.05) is 0 Å². The summed E-state index contributed by atoms with van der Waals surface area (Å²) >= 11 is 0. The molecule has 0 aromatic rings. The van der Waals surface area contributed by atoms with E-state index in [0.29, 0.717) is 12.1 Å². The molecule has 1 aliphatic heterocycles. The number of fused-ring (bicyclic) bond motifs is 1. The van der Waals surface area contributed by atoms with Gasteiger partial charge in [-0.3, -0.25) is 0 Å². The standard InChI is InChI=1S/C21H40N2O3/c1-22-17-12-15-8-9-23(2)18(16(15)13-20(17)25-4)10-14-6-7-19(24-3)21(11-14)26-5/h14-22H,6-13H2,1-5H3/p+1. The molecule has 5 nitrogen and oxygen atoms in total. The van der Waals surface area contributed by atoms with Crippen molar-refractivity contribution in [3.05, 3.63) is 0 Å². The number of hydrogen-bond acceptors (Lipinski definition) is 4. The van der Waals surface area contributed by atoms with E-state index in [1.807, 2.05) is 21.3 Å². The van der Waals surface area contributed by atoms with Crippen LogP contribution < -0.4 is 10.2 Å². The van der Waals surface area contributed by atoms with Crippen LogP contribution in [0.2, 0.25) is 0 Å². The van der Waals surface area contributed by atoms with E-state index in [4.69, 9.17) is 14.2 Å². The highest BCUT2D eigenvalue weighted by Crippen LogP contribution is 2.40. The second-order valence-electron chi connectivity index (χ2n) is 9.02. The molecule has 5 heteroatoms. The predicted molar refractivity (Wildman–Crippen MR) is 104 cm³/mol. The minimum atomic E-state index is 0.269. The van der Waals surface area contributed by atoms with Crippen LogP contribution in [-0.4, -0.2) is 72.4 Å². The number of nitrogens with one attached hydrogen (secondary N) is 2. The summed E-state index contributed by atoms with van der Waals surface area (Å²) in [5, 5.41) is 3.51. The van der Waals surface area contributed by atoms with Crippen molar-refractivity contribution in [2.24, 2.45) is 17.8 Å². The number of methoxy groups -OCH3 is 3. The normalized spacial score (nSPS) is 46.7. The number of rotatable bonds is 6. The first-order chi connectivity index (χ1) is 12.6. The van der Waals surface area contributed by atoms with Crippen LogP contribution >= 0.6 is 0 Å². The van der Waals surface area contributed by atoms with Crippen molar-refractivity contribution in [2.45, 2.75) is 75.3 Å². The second kappa shape index (κ2) is 9.33. The van der Waals surface area contributed by atoms with Gasteiger partial charge in [-0.2, -0.15) is 0 Å². The highest BCUT2D eigenvalue weighted by Gasteiger charge is 2.47. The first-order valence-corrected chi connectivity index (χ1v) is 10.7. The molecule has 0 aromatic heterocycles. The van der Waals surface area contributed by atoms with Crippen LogP contribution in [0.25, 0.3) is 0 Å². The lowest BCUT2D eigenvalue weighted by atomic mass is 9.66. The molecule has 2 aliphatic carbocycles. The van der Waals surface area contributed by atoms with Gasteiger partial charge in [0.25, 0.3) is 0 Å². The van der Waals surface area contributed by atoms with Crippen LogP contribution in [0, 0.1) is 17.8 Å². The Kier molecular flexibility index (Phi) is 7.37. The molecular weight excluding hydrogens is 328 g/mol. The Morgan fingerprint density at radius 1 is 0.885 bits per heavy atom. The highest BCUT2D eigenvalue weighted by atomic mass is 16.5. The van der Waals surface area contributed by atoms with Gasteiger partial charge in [-0.15, -0.1) is 0 Å². The van der Waals surface area contributed by atoms with Crippen LogP contribution in [0.3, 0.4) is 0 Å². The van der Waals surface area contributed by atoms with Crippen LogP contribution in [-0.2, 0) is 14.2 Å². The van der Waals surface area contributed by atoms with Crippen molar-refractivity contribution >= 4 is 0 Å². The Bertz CT molecular complexity index is 435. The summed E-state index contributed by atoms with van der Waals surface area (Å²) in [6.45, 7) is 1.32. The molecule has 9 atom stereocenters. The molecule has 1 heterocycles. The fraction of sp³-hybridized carbons (Fsp3) is 1.00. The van der Waals surface area contributed by atoms with Crippen molar-refractivity contribution in [3.63, 3.8) is 0 Å². The maximum atomic E-state index is 5.87. The molecular formula is C21H41N2O3+. The number of likely N-dealkylation sites (tertiary alicyclic amines) is 1. The molecule has 9 unspecified atom stereocenters. The number of piperidine rings is 1. The van der Waals surface area contributed by atoms with E-state index < -0.39 is 0 Å². The third-order valence-electron chi connectivity index (χ3n) is 7.88. The van der Waals surface area contributed by atoms with Gasteiger partial charge < -0.3 is 24.4 Å². The molecule has 1 saturated heterocycles. The molecule has 3 fully saturated rings. The van der Waals surface area contributed by atoms with Gasteiger partial charge in [0.05, 0.1) is 37.9 Å². The van der Waals surface area contributed by atoms with Crippen molar-refractivity contribution in [2.75, 3.05) is 42.0 Å². The molecule has 2 saturated carbocycles. The third kappa shape index (κ3) is 4.27. The largest absolute Gasteiger partial charge is 0.380 e. The zero-order valence-electron chi connectivity index (χ0n) is 17.5. The van der Waals surface area contributed by atoms with Crippen molar-refractivity contribution in [3.8, 4) is 0 Å². The maximum Gasteiger partial charge on any atom is 0.0907 e. The predicted octanol–water partition coefficient (Wildman–Crippen LogP) is 1.12. The van der Waals surface area contributed by atoms with Gasteiger partial charge in [-0.05, 0) is 57.4 Å². The molecule has 152 valence electrons. The van der Waals surface area contributed by atoms with Gasteiger partial charge in [0.15, 0.2) is 0 Å². The lowest BCUT2D eigenvalue weighted by Crippen LogP contribution is -3.15. The number of quaternary nitrogens is 1. The van der Waals surface area contributed by atoms with E-state index in [1.165, 1.54) is 38.6 Å². The fourth-order valence-corrected chi connectivity index (χ4v) is 6.28. The Labute approximate surface area is 160 Å². The van der Waals surface area contributed by atoms with E-state index in [9.17, 15) is 0 Å². The van der Waals surface area contributed by atoms with E-state index in [0.717, 1.165) is 36.6 Å². The molecule has 0 spiro atoms. The van der Waals surface area contributed by atoms with Crippen molar-refractivity contribution in [1.29, 1.82) is 0 Å². The molecule has 0 aromatic carbocycles. The summed E-state index contributed by atoms with van der Waals surface area (Å²) < 4.78 is 17.3. The SMILES string of the molecule is CNC1CC2CC[NH+](C)C(CC3CCC(OC)C(OC)C3)C2CC1OC. The van der Waals surface area contributed by atoms with E-state index in [1.54, 1.807) is 4.90 Å². The third-order valence-corrected chi connectivity index (χ3v) is 7.88. The van der Waals surface area contributed by atoms with Crippen molar-refractivity contribution in [1.82, 2.24) is 5.32 Å². The Morgan fingerprint density at radius 2 is 1.62 bits per heavy atom. The zero-order valence-corrected chi connectivity index (χ0v) is 17.5. The molecule has 3 aliphatic rings. The van der Waals surface area contributed by atoms with Crippen LogP contribution in [0.1, 0.15) is 44.9 Å². The molecule has 0 bridgehead atoms. The van der Waals surface area contributed by atoms with Crippen LogP contribution in [0.4, 0.5) is 0 Å². The summed E-state index contributed by atoms with van der Waals surface area (Å²) in [6.07, 6.45) is 9.71. The topological polar surface area (TPSA) is 44.2 Å². The lowest BCUT2D eigenvalue weighted by Gasteiger charge is -2.49. The maximum absolute atomic E-state index is 5.87. The summed E-state index contributed by atoms with van der Waals surface area (Å²) in [6, 6.07) is 1.29. The molecule has 0 radical (unpaired) electrons. The average molecular weight is 370 g/mol. The van der Waals surface area contributed by atoms with Crippen LogP contribution in [0.5, 0.6) is 0 Å². The molecule has 2 N–H and O–H groups in total. The number of likely N-dealkylation sites (N-methyl/N-ethyl adjacent to an activating group) is 1. The molecule has 0 amide bonds. The Balaban J connectivity index is 1.66. The van der Waals surface area contributed by atoms with E-state index in [-0.39, 0.29) is 12.2 Å². The van der Waals surface area contributed by atoms with Crippen molar-refractivity contribution < 1.29 is 19.1 Å². The highest BCUT2D eigenvalue weighted by molar-refractivity contribution is 4.95.